The molecule has 142 valence electrons. The van der Waals surface area contributed by atoms with Crippen LogP contribution in [-0.4, -0.2) is 10.4 Å². The molecule has 0 saturated heterocycles. The summed E-state index contributed by atoms with van der Waals surface area (Å²) in [5, 5.41) is 16.8. The van der Waals surface area contributed by atoms with E-state index in [1.54, 1.807) is 10.6 Å². The van der Waals surface area contributed by atoms with E-state index in [-0.39, 0.29) is 18.1 Å². The highest BCUT2D eigenvalue weighted by atomic mass is 16.5. The highest BCUT2D eigenvalue weighted by Crippen LogP contribution is 2.37. The molecule has 2 aliphatic rings. The van der Waals surface area contributed by atoms with Gasteiger partial charge in [-0.1, -0.05) is 43.5 Å². The zero-order valence-corrected chi connectivity index (χ0v) is 15.7. The van der Waals surface area contributed by atoms with Crippen molar-refractivity contribution in [2.24, 2.45) is 11.7 Å². The van der Waals surface area contributed by atoms with Crippen molar-refractivity contribution in [1.29, 1.82) is 10.8 Å². The molecule has 5 nitrogen and oxygen atoms in total. The van der Waals surface area contributed by atoms with Crippen LogP contribution >= 0.6 is 0 Å². The Labute approximate surface area is 160 Å². The van der Waals surface area contributed by atoms with Crippen molar-refractivity contribution in [3.8, 4) is 5.75 Å². The van der Waals surface area contributed by atoms with Gasteiger partial charge < -0.3 is 10.5 Å². The molecule has 1 heterocycles. The molecule has 0 amide bonds. The molecule has 27 heavy (non-hydrogen) atoms. The smallest absolute Gasteiger partial charge is 0.137 e. The van der Waals surface area contributed by atoms with Crippen molar-refractivity contribution in [3.63, 3.8) is 0 Å². The first-order chi connectivity index (χ1) is 13.1. The topological polar surface area (TPSA) is 87.9 Å². The Balaban J connectivity index is 1.58. The monoisotopic (exact) mass is 364 g/mol. The molecule has 2 atom stereocenters. The molecule has 4 rings (SSSR count). The Kier molecular flexibility index (Phi) is 5.12. The molecule has 1 aromatic carbocycles. The van der Waals surface area contributed by atoms with Gasteiger partial charge in [-0.3, -0.25) is 15.4 Å². The minimum atomic E-state index is -0.0325. The second-order valence-corrected chi connectivity index (χ2v) is 7.76. The van der Waals surface area contributed by atoms with Crippen LogP contribution < -0.4 is 16.0 Å². The fraction of sp³-hybridized carbons (Fsp3) is 0.455. The summed E-state index contributed by atoms with van der Waals surface area (Å²) in [6.07, 6.45) is 9.26. The summed E-state index contributed by atoms with van der Waals surface area (Å²) < 4.78 is 7.99. The van der Waals surface area contributed by atoms with Crippen molar-refractivity contribution in [3.05, 3.63) is 59.2 Å². The summed E-state index contributed by atoms with van der Waals surface area (Å²) in [6, 6.07) is 11.9. The lowest BCUT2D eigenvalue weighted by atomic mass is 9.86. The normalized spacial score (nSPS) is 22.9. The molecule has 0 spiro atoms. The van der Waals surface area contributed by atoms with Crippen LogP contribution in [0.25, 0.3) is 0 Å². The number of rotatable bonds is 3. The molecule has 4 N–H and O–H groups in total. The Morgan fingerprint density at radius 2 is 1.70 bits per heavy atom. The van der Waals surface area contributed by atoms with Crippen molar-refractivity contribution in [2.75, 3.05) is 0 Å². The van der Waals surface area contributed by atoms with E-state index in [1.807, 2.05) is 24.4 Å². The number of nitrogens with zero attached hydrogens (tertiary/aromatic N) is 1. The first-order valence-electron chi connectivity index (χ1n) is 10.0. The van der Waals surface area contributed by atoms with E-state index in [0.717, 1.165) is 36.8 Å². The predicted octanol–water partition coefficient (Wildman–Crippen LogP) is 4.29. The number of fused-ring (bicyclic) bond motifs is 1. The molecule has 1 saturated carbocycles. The third-order valence-corrected chi connectivity index (χ3v) is 5.93. The van der Waals surface area contributed by atoms with Crippen LogP contribution in [0.3, 0.4) is 0 Å². The fourth-order valence-electron chi connectivity index (χ4n) is 4.39. The van der Waals surface area contributed by atoms with Crippen LogP contribution in [-0.2, 0) is 0 Å². The quantitative estimate of drug-likeness (QED) is 0.560. The highest BCUT2D eigenvalue weighted by Gasteiger charge is 2.26. The summed E-state index contributed by atoms with van der Waals surface area (Å²) in [5.41, 5.74) is 8.91. The van der Waals surface area contributed by atoms with Crippen LogP contribution in [0.4, 0.5) is 0 Å². The lowest BCUT2D eigenvalue weighted by Gasteiger charge is -2.30. The molecule has 1 aromatic heterocycles. The van der Waals surface area contributed by atoms with Gasteiger partial charge >= 0.3 is 0 Å². The number of hydrogen-bond donors (Lipinski definition) is 3. The summed E-state index contributed by atoms with van der Waals surface area (Å²) >= 11 is 0. The number of benzene rings is 1. The molecule has 0 bridgehead atoms. The van der Waals surface area contributed by atoms with Gasteiger partial charge in [0.15, 0.2) is 0 Å². The van der Waals surface area contributed by atoms with Gasteiger partial charge in [0.2, 0.25) is 0 Å². The maximum atomic E-state index is 8.60. The molecule has 2 aliphatic carbocycles. The van der Waals surface area contributed by atoms with Gasteiger partial charge in [0, 0.05) is 12.0 Å². The Morgan fingerprint density at radius 3 is 2.48 bits per heavy atom. The van der Waals surface area contributed by atoms with Gasteiger partial charge in [0.25, 0.3) is 0 Å². The SMILES string of the molecule is N=C(C1CCCCC1)n1cc(O[C@@H]2CC[C@H](N)c3ccccc32)ccc1=N. The van der Waals surface area contributed by atoms with E-state index in [4.69, 9.17) is 21.3 Å². The average Bonchev–Trinajstić information content (AvgIpc) is 2.72. The molecule has 2 aromatic rings. The van der Waals surface area contributed by atoms with Crippen LogP contribution in [0.5, 0.6) is 5.75 Å². The number of nitrogens with two attached hydrogens (primary N) is 1. The molecule has 1 fully saturated rings. The minimum Gasteiger partial charge on any atom is -0.484 e. The van der Waals surface area contributed by atoms with Crippen molar-refractivity contribution in [2.45, 2.75) is 57.1 Å². The first-order valence-corrected chi connectivity index (χ1v) is 10.0. The molecular weight excluding hydrogens is 336 g/mol. The maximum Gasteiger partial charge on any atom is 0.137 e. The summed E-state index contributed by atoms with van der Waals surface area (Å²) in [4.78, 5) is 0. The van der Waals surface area contributed by atoms with Crippen LogP contribution in [0.2, 0.25) is 0 Å². The summed E-state index contributed by atoms with van der Waals surface area (Å²) in [6.45, 7) is 0. The zero-order valence-electron chi connectivity index (χ0n) is 15.7. The molecule has 0 radical (unpaired) electrons. The predicted molar refractivity (Wildman–Crippen MR) is 106 cm³/mol. The van der Waals surface area contributed by atoms with Crippen LogP contribution in [0, 0.1) is 16.7 Å². The number of pyridine rings is 1. The lowest BCUT2D eigenvalue weighted by molar-refractivity contribution is 0.176. The molecule has 5 heteroatoms. The second-order valence-electron chi connectivity index (χ2n) is 7.76. The average molecular weight is 364 g/mol. The molecule has 0 aliphatic heterocycles. The van der Waals surface area contributed by atoms with Gasteiger partial charge in [-0.05, 0) is 48.9 Å². The van der Waals surface area contributed by atoms with Gasteiger partial charge in [-0.15, -0.1) is 0 Å². The molecule has 0 unspecified atom stereocenters. The van der Waals surface area contributed by atoms with Gasteiger partial charge in [0.1, 0.15) is 23.2 Å². The van der Waals surface area contributed by atoms with Gasteiger partial charge in [0.05, 0.1) is 6.20 Å². The second kappa shape index (κ2) is 7.69. The van der Waals surface area contributed by atoms with E-state index < -0.39 is 0 Å². The number of nitrogens with one attached hydrogen (secondary N) is 2. The lowest BCUT2D eigenvalue weighted by Crippen LogP contribution is -2.32. The van der Waals surface area contributed by atoms with Crippen molar-refractivity contribution >= 4 is 5.84 Å². The van der Waals surface area contributed by atoms with Gasteiger partial charge in [-0.2, -0.15) is 0 Å². The first kappa shape index (κ1) is 18.0. The number of hydrogen-bond acceptors (Lipinski definition) is 4. The minimum absolute atomic E-state index is 0.0325. The Bertz CT molecular complexity index is 882. The van der Waals surface area contributed by atoms with Crippen molar-refractivity contribution in [1.82, 2.24) is 4.57 Å². The van der Waals surface area contributed by atoms with E-state index in [9.17, 15) is 0 Å². The Morgan fingerprint density at radius 1 is 0.963 bits per heavy atom. The third-order valence-electron chi connectivity index (χ3n) is 5.93. The van der Waals surface area contributed by atoms with E-state index in [0.29, 0.717) is 17.1 Å². The van der Waals surface area contributed by atoms with Crippen molar-refractivity contribution < 1.29 is 4.74 Å². The fourth-order valence-corrected chi connectivity index (χ4v) is 4.39. The van der Waals surface area contributed by atoms with Gasteiger partial charge in [-0.25, -0.2) is 0 Å². The number of aromatic nitrogens is 1. The summed E-state index contributed by atoms with van der Waals surface area (Å²) in [7, 11) is 0. The van der Waals surface area contributed by atoms with E-state index >= 15 is 0 Å². The maximum absolute atomic E-state index is 8.60. The molecular formula is C22H28N4O. The highest BCUT2D eigenvalue weighted by molar-refractivity contribution is 5.83. The van der Waals surface area contributed by atoms with E-state index in [2.05, 4.69) is 12.1 Å². The Hall–Kier alpha value is -2.40. The van der Waals surface area contributed by atoms with Crippen LogP contribution in [0.1, 0.15) is 68.2 Å². The standard InChI is InChI=1S/C22H28N4O/c23-19-11-12-20(18-9-5-4-8-17(18)19)27-16-10-13-21(24)26(14-16)22(25)15-6-2-1-3-7-15/h4-5,8-10,13-15,19-20,24-25H,1-3,6-7,11-12,23H2/t19-,20+/m0/s1. The van der Waals surface area contributed by atoms with Crippen LogP contribution in [0.15, 0.2) is 42.6 Å². The third kappa shape index (κ3) is 3.69. The number of ether oxygens (including phenoxy) is 1. The zero-order chi connectivity index (χ0) is 18.8. The summed E-state index contributed by atoms with van der Waals surface area (Å²) in [5.74, 6) is 1.48. The largest absolute Gasteiger partial charge is 0.484 e. The van der Waals surface area contributed by atoms with E-state index in [1.165, 1.54) is 19.3 Å².